The molecule has 2 aromatic rings. The molecular formula is C16H22N6O2. The van der Waals surface area contributed by atoms with Crippen LogP contribution in [-0.4, -0.2) is 36.3 Å². The maximum atomic E-state index is 12.4. The largest absolute Gasteiger partial charge is 0.349 e. The smallest absolute Gasteiger partial charge is 0.345 e. The number of aryl methyl sites for hydroxylation is 1. The van der Waals surface area contributed by atoms with Crippen LogP contribution in [0.4, 0.5) is 0 Å². The van der Waals surface area contributed by atoms with Crippen LogP contribution in [0.1, 0.15) is 41.9 Å². The van der Waals surface area contributed by atoms with Gasteiger partial charge in [0.1, 0.15) is 12.2 Å². The van der Waals surface area contributed by atoms with Crippen LogP contribution >= 0.6 is 0 Å². The molecule has 0 aliphatic heterocycles. The molecule has 0 radical (unpaired) electrons. The molecule has 1 aliphatic rings. The topological polar surface area (TPSA) is 94.7 Å². The van der Waals surface area contributed by atoms with E-state index in [9.17, 15) is 9.59 Å². The summed E-state index contributed by atoms with van der Waals surface area (Å²) < 4.78 is 2.94. The lowest BCUT2D eigenvalue weighted by molar-refractivity contribution is 0.0904. The number of carbonyl (C=O) groups excluding carboxylic acids is 1. The molecule has 2 heterocycles. The summed E-state index contributed by atoms with van der Waals surface area (Å²) in [5, 5.41) is 7.42. The zero-order chi connectivity index (χ0) is 17.1. The van der Waals surface area contributed by atoms with Crippen LogP contribution in [0, 0.1) is 5.92 Å². The van der Waals surface area contributed by atoms with E-state index in [2.05, 4.69) is 20.4 Å². The number of carbonyl (C=O) groups is 1. The Hall–Kier alpha value is -2.51. The third-order valence-corrected chi connectivity index (χ3v) is 4.71. The van der Waals surface area contributed by atoms with Gasteiger partial charge in [-0.2, -0.15) is 5.10 Å². The standard InChI is InChI=1S/C16H22N6O2/c1-21-14(20-22(2)16(21)24)7-11-5-3-4-6-13(11)19-15(23)12-8-17-10-18-9-12/h8-11,13H,3-7H2,1-2H3,(H,19,23)/t11-,13-/m1/s1. The van der Waals surface area contributed by atoms with Crippen molar-refractivity contribution >= 4 is 5.91 Å². The molecule has 1 aliphatic carbocycles. The predicted molar refractivity (Wildman–Crippen MR) is 87.4 cm³/mol. The first-order valence-electron chi connectivity index (χ1n) is 8.21. The molecule has 0 saturated heterocycles. The van der Waals surface area contributed by atoms with E-state index in [1.165, 1.54) is 23.4 Å². The van der Waals surface area contributed by atoms with Gasteiger partial charge < -0.3 is 5.32 Å². The quantitative estimate of drug-likeness (QED) is 0.878. The minimum atomic E-state index is -0.151. The van der Waals surface area contributed by atoms with E-state index in [0.29, 0.717) is 12.0 Å². The Morgan fingerprint density at radius 2 is 1.96 bits per heavy atom. The van der Waals surface area contributed by atoms with Gasteiger partial charge in [0.2, 0.25) is 0 Å². The second-order valence-electron chi connectivity index (χ2n) is 6.34. The minimum Gasteiger partial charge on any atom is -0.349 e. The van der Waals surface area contributed by atoms with Crippen molar-refractivity contribution in [2.24, 2.45) is 20.0 Å². The van der Waals surface area contributed by atoms with Gasteiger partial charge in [-0.3, -0.25) is 9.36 Å². The van der Waals surface area contributed by atoms with Crippen molar-refractivity contribution < 1.29 is 4.79 Å². The maximum absolute atomic E-state index is 12.4. The maximum Gasteiger partial charge on any atom is 0.345 e. The molecule has 1 fully saturated rings. The SMILES string of the molecule is Cn1nc(C[C@H]2CCCC[C@H]2NC(=O)c2cncnc2)n(C)c1=O. The summed E-state index contributed by atoms with van der Waals surface area (Å²) in [5.74, 6) is 0.881. The summed E-state index contributed by atoms with van der Waals surface area (Å²) in [6, 6.07) is 0.0727. The van der Waals surface area contributed by atoms with Crippen molar-refractivity contribution in [1.82, 2.24) is 29.6 Å². The molecule has 0 aromatic carbocycles. The van der Waals surface area contributed by atoms with Crippen molar-refractivity contribution in [3.63, 3.8) is 0 Å². The number of nitrogens with zero attached hydrogens (tertiary/aromatic N) is 5. The first kappa shape index (κ1) is 16.4. The van der Waals surface area contributed by atoms with E-state index in [1.807, 2.05) is 0 Å². The fraction of sp³-hybridized carbons (Fsp3) is 0.562. The zero-order valence-corrected chi connectivity index (χ0v) is 14.0. The van der Waals surface area contributed by atoms with Crippen LogP contribution < -0.4 is 11.0 Å². The number of hydrogen-bond acceptors (Lipinski definition) is 5. The Bertz CT molecular complexity index is 767. The lowest BCUT2D eigenvalue weighted by Crippen LogP contribution is -2.43. The summed E-state index contributed by atoms with van der Waals surface area (Å²) in [6.07, 6.45) is 9.29. The fourth-order valence-corrected chi connectivity index (χ4v) is 3.33. The molecule has 8 heteroatoms. The Morgan fingerprint density at radius 1 is 1.25 bits per heavy atom. The van der Waals surface area contributed by atoms with E-state index < -0.39 is 0 Å². The van der Waals surface area contributed by atoms with Gasteiger partial charge in [-0.25, -0.2) is 19.4 Å². The van der Waals surface area contributed by atoms with Crippen molar-refractivity contribution in [3.05, 3.63) is 40.6 Å². The van der Waals surface area contributed by atoms with Crippen molar-refractivity contribution in [2.75, 3.05) is 0 Å². The van der Waals surface area contributed by atoms with Gasteiger partial charge in [0.15, 0.2) is 0 Å². The summed E-state index contributed by atoms with van der Waals surface area (Å²) >= 11 is 0. The molecule has 3 rings (SSSR count). The number of aromatic nitrogens is 5. The van der Waals surface area contributed by atoms with Gasteiger partial charge in [-0.15, -0.1) is 0 Å². The second kappa shape index (κ2) is 6.94. The Morgan fingerprint density at radius 3 is 2.62 bits per heavy atom. The molecule has 128 valence electrons. The molecule has 24 heavy (non-hydrogen) atoms. The Labute approximate surface area is 139 Å². The van der Waals surface area contributed by atoms with Crippen LogP contribution in [0.2, 0.25) is 0 Å². The molecule has 8 nitrogen and oxygen atoms in total. The second-order valence-corrected chi connectivity index (χ2v) is 6.34. The summed E-state index contributed by atoms with van der Waals surface area (Å²) in [4.78, 5) is 32.0. The third kappa shape index (κ3) is 3.37. The number of amides is 1. The lowest BCUT2D eigenvalue weighted by atomic mass is 9.82. The van der Waals surface area contributed by atoms with Crippen molar-refractivity contribution in [2.45, 2.75) is 38.1 Å². The van der Waals surface area contributed by atoms with Gasteiger partial charge >= 0.3 is 5.69 Å². The van der Waals surface area contributed by atoms with Gasteiger partial charge in [0.25, 0.3) is 5.91 Å². The average molecular weight is 330 g/mol. The highest BCUT2D eigenvalue weighted by Crippen LogP contribution is 2.27. The first-order valence-corrected chi connectivity index (χ1v) is 8.21. The van der Waals surface area contributed by atoms with Crippen LogP contribution in [0.3, 0.4) is 0 Å². The van der Waals surface area contributed by atoms with E-state index in [1.54, 1.807) is 18.7 Å². The Kier molecular flexibility index (Phi) is 4.73. The van der Waals surface area contributed by atoms with Gasteiger partial charge in [-0.05, 0) is 18.8 Å². The van der Waals surface area contributed by atoms with E-state index in [4.69, 9.17) is 0 Å². The zero-order valence-electron chi connectivity index (χ0n) is 14.0. The van der Waals surface area contributed by atoms with Crippen LogP contribution in [-0.2, 0) is 20.5 Å². The van der Waals surface area contributed by atoms with E-state index in [-0.39, 0.29) is 23.6 Å². The molecule has 0 unspecified atom stereocenters. The highest BCUT2D eigenvalue weighted by Gasteiger charge is 2.28. The molecule has 0 bridgehead atoms. The van der Waals surface area contributed by atoms with Crippen molar-refractivity contribution in [1.29, 1.82) is 0 Å². The van der Waals surface area contributed by atoms with Gasteiger partial charge in [0, 0.05) is 39.0 Å². The highest BCUT2D eigenvalue weighted by atomic mass is 16.2. The summed E-state index contributed by atoms with van der Waals surface area (Å²) in [5.41, 5.74) is 0.342. The Balaban J connectivity index is 1.72. The lowest BCUT2D eigenvalue weighted by Gasteiger charge is -2.31. The molecule has 1 N–H and O–H groups in total. The van der Waals surface area contributed by atoms with E-state index in [0.717, 1.165) is 31.5 Å². The third-order valence-electron chi connectivity index (χ3n) is 4.71. The summed E-state index contributed by atoms with van der Waals surface area (Å²) in [6.45, 7) is 0. The molecular weight excluding hydrogens is 308 g/mol. The molecule has 0 spiro atoms. The van der Waals surface area contributed by atoms with Gasteiger partial charge in [0.05, 0.1) is 5.56 Å². The normalized spacial score (nSPS) is 20.8. The molecule has 1 amide bonds. The van der Waals surface area contributed by atoms with Gasteiger partial charge in [-0.1, -0.05) is 12.8 Å². The van der Waals surface area contributed by atoms with Crippen LogP contribution in [0.25, 0.3) is 0 Å². The average Bonchev–Trinajstić information content (AvgIpc) is 2.84. The minimum absolute atomic E-state index is 0.0727. The monoisotopic (exact) mass is 330 g/mol. The predicted octanol–water partition coefficient (Wildman–Crippen LogP) is 0.440. The number of hydrogen-bond donors (Lipinski definition) is 1. The number of rotatable bonds is 4. The number of nitrogens with one attached hydrogen (secondary N) is 1. The first-order chi connectivity index (χ1) is 11.6. The fourth-order valence-electron chi connectivity index (χ4n) is 3.33. The summed E-state index contributed by atoms with van der Waals surface area (Å²) in [7, 11) is 3.39. The molecule has 1 saturated carbocycles. The molecule has 2 aromatic heterocycles. The van der Waals surface area contributed by atoms with Crippen LogP contribution in [0.5, 0.6) is 0 Å². The van der Waals surface area contributed by atoms with Crippen molar-refractivity contribution in [3.8, 4) is 0 Å². The molecule has 2 atom stereocenters. The van der Waals surface area contributed by atoms with Crippen LogP contribution in [0.15, 0.2) is 23.5 Å². The van der Waals surface area contributed by atoms with E-state index >= 15 is 0 Å². The highest BCUT2D eigenvalue weighted by molar-refractivity contribution is 5.93.